The summed E-state index contributed by atoms with van der Waals surface area (Å²) in [5.41, 5.74) is 4.28. The van der Waals surface area contributed by atoms with Gasteiger partial charge >= 0.3 is 0 Å². The molecule has 3 rings (SSSR count). The zero-order valence-electron chi connectivity index (χ0n) is 13.8. The predicted molar refractivity (Wildman–Crippen MR) is 95.6 cm³/mol. The number of nitrogens with one attached hydrogen (secondary N) is 1. The molecule has 0 saturated heterocycles. The highest BCUT2D eigenvalue weighted by Crippen LogP contribution is 2.21. The average molecular weight is 344 g/mol. The molecular formula is C17H20N4O2S. The molecule has 2 aromatic heterocycles. The third kappa shape index (κ3) is 3.47. The van der Waals surface area contributed by atoms with E-state index in [0.717, 1.165) is 29.7 Å². The average Bonchev–Trinajstić information content (AvgIpc) is 3.15. The van der Waals surface area contributed by atoms with Crippen molar-refractivity contribution in [1.29, 1.82) is 0 Å². The Morgan fingerprint density at radius 1 is 1.38 bits per heavy atom. The lowest BCUT2D eigenvalue weighted by molar-refractivity contribution is 0.102. The number of ether oxygens (including phenoxy) is 1. The van der Waals surface area contributed by atoms with Crippen LogP contribution in [-0.2, 0) is 11.3 Å². The summed E-state index contributed by atoms with van der Waals surface area (Å²) in [6, 6.07) is 7.87. The number of rotatable bonds is 7. The number of para-hydroxylation sites is 2. The van der Waals surface area contributed by atoms with Crippen molar-refractivity contribution in [3.63, 3.8) is 0 Å². The first-order valence-corrected chi connectivity index (χ1v) is 8.83. The largest absolute Gasteiger partial charge is 0.382 e. The molecule has 0 atom stereocenters. The molecule has 2 heterocycles. The maximum Gasteiger partial charge on any atom is 0.269 e. The summed E-state index contributed by atoms with van der Waals surface area (Å²) in [5.74, 6) is 0.391. The minimum absolute atomic E-state index is 0.170. The van der Waals surface area contributed by atoms with Gasteiger partial charge in [-0.25, -0.2) is 9.97 Å². The number of benzene rings is 1. The summed E-state index contributed by atoms with van der Waals surface area (Å²) in [5, 5.41) is 2.93. The Morgan fingerprint density at radius 2 is 2.21 bits per heavy atom. The van der Waals surface area contributed by atoms with Gasteiger partial charge in [0.05, 0.1) is 22.2 Å². The minimum Gasteiger partial charge on any atom is -0.382 e. The quantitative estimate of drug-likeness (QED) is 0.666. The van der Waals surface area contributed by atoms with Gasteiger partial charge in [0.15, 0.2) is 0 Å². The Bertz CT molecular complexity index is 840. The summed E-state index contributed by atoms with van der Waals surface area (Å²) in [6.45, 7) is 5.94. The Kier molecular flexibility index (Phi) is 5.22. The van der Waals surface area contributed by atoms with Gasteiger partial charge in [-0.2, -0.15) is 0 Å². The van der Waals surface area contributed by atoms with E-state index in [2.05, 4.69) is 15.3 Å². The lowest BCUT2D eigenvalue weighted by Crippen LogP contribution is -2.16. The van der Waals surface area contributed by atoms with E-state index in [4.69, 9.17) is 4.74 Å². The second-order valence-electron chi connectivity index (χ2n) is 5.35. The molecule has 0 radical (unpaired) electrons. The fraction of sp³-hybridized carbons (Fsp3) is 0.353. The van der Waals surface area contributed by atoms with E-state index in [1.165, 1.54) is 11.3 Å². The maximum absolute atomic E-state index is 12.5. The van der Waals surface area contributed by atoms with Crippen molar-refractivity contribution in [3.8, 4) is 0 Å². The Labute approximate surface area is 144 Å². The Balaban J connectivity index is 1.86. The highest BCUT2D eigenvalue weighted by molar-refractivity contribution is 7.12. The predicted octanol–water partition coefficient (Wildman–Crippen LogP) is 3.48. The Hall–Kier alpha value is -2.25. The third-order valence-electron chi connectivity index (χ3n) is 3.71. The van der Waals surface area contributed by atoms with Crippen molar-refractivity contribution >= 4 is 34.2 Å². The lowest BCUT2D eigenvalue weighted by Gasteiger charge is -2.10. The van der Waals surface area contributed by atoms with E-state index in [1.54, 1.807) is 5.51 Å². The standard InChI is InChI=1S/C17H20N4O2S/c1-3-23-10-6-9-21-14-8-5-4-7-13(14)19-17(21)20-16(22)15-12(2)18-11-24-15/h4-5,7-8,11H,3,6,9-10H2,1-2H3,(H,19,20,22). The third-order valence-corrected chi connectivity index (χ3v) is 4.63. The van der Waals surface area contributed by atoms with Gasteiger partial charge in [-0.3, -0.25) is 10.1 Å². The maximum atomic E-state index is 12.5. The molecule has 126 valence electrons. The molecule has 0 aliphatic heterocycles. The number of hydrogen-bond acceptors (Lipinski definition) is 5. The smallest absolute Gasteiger partial charge is 0.269 e. The number of carbonyl (C=O) groups excluding carboxylic acids is 1. The highest BCUT2D eigenvalue weighted by Gasteiger charge is 2.16. The number of imidazole rings is 1. The van der Waals surface area contributed by atoms with Crippen LogP contribution in [-0.4, -0.2) is 33.7 Å². The SMILES string of the molecule is CCOCCCn1c(NC(=O)c2scnc2C)nc2ccccc21. The molecule has 0 spiro atoms. The topological polar surface area (TPSA) is 69.0 Å². The molecule has 0 saturated carbocycles. The van der Waals surface area contributed by atoms with Crippen LogP contribution in [0.4, 0.5) is 5.95 Å². The Morgan fingerprint density at radius 3 is 2.96 bits per heavy atom. The number of nitrogens with zero attached hydrogens (tertiary/aromatic N) is 3. The second-order valence-corrected chi connectivity index (χ2v) is 6.20. The molecule has 0 bridgehead atoms. The van der Waals surface area contributed by atoms with Crippen LogP contribution >= 0.6 is 11.3 Å². The summed E-state index contributed by atoms with van der Waals surface area (Å²) < 4.78 is 7.44. The molecule has 3 aromatic rings. The zero-order valence-corrected chi connectivity index (χ0v) is 14.6. The van der Waals surface area contributed by atoms with Crippen LogP contribution < -0.4 is 5.32 Å². The van der Waals surface area contributed by atoms with Crippen LogP contribution in [0.5, 0.6) is 0 Å². The van der Waals surface area contributed by atoms with Crippen LogP contribution in [0.25, 0.3) is 11.0 Å². The van der Waals surface area contributed by atoms with Crippen molar-refractivity contribution in [2.45, 2.75) is 26.8 Å². The van der Waals surface area contributed by atoms with Crippen LogP contribution in [0.15, 0.2) is 29.8 Å². The van der Waals surface area contributed by atoms with Crippen molar-refractivity contribution in [1.82, 2.24) is 14.5 Å². The molecule has 7 heteroatoms. The van der Waals surface area contributed by atoms with Gasteiger partial charge in [-0.15, -0.1) is 11.3 Å². The molecule has 1 N–H and O–H groups in total. The molecule has 0 fully saturated rings. The first-order chi connectivity index (χ1) is 11.7. The van der Waals surface area contributed by atoms with Gasteiger partial charge in [0.25, 0.3) is 5.91 Å². The minimum atomic E-state index is -0.170. The number of anilines is 1. The van der Waals surface area contributed by atoms with Gasteiger partial charge in [0.1, 0.15) is 4.88 Å². The molecule has 6 nitrogen and oxygen atoms in total. The first-order valence-electron chi connectivity index (χ1n) is 7.95. The van der Waals surface area contributed by atoms with E-state index in [0.29, 0.717) is 24.0 Å². The van der Waals surface area contributed by atoms with Crippen LogP contribution in [0.2, 0.25) is 0 Å². The number of amides is 1. The monoisotopic (exact) mass is 344 g/mol. The van der Waals surface area contributed by atoms with Gasteiger partial charge < -0.3 is 9.30 Å². The van der Waals surface area contributed by atoms with Gasteiger partial charge in [0, 0.05) is 19.8 Å². The van der Waals surface area contributed by atoms with E-state index >= 15 is 0 Å². The van der Waals surface area contributed by atoms with E-state index < -0.39 is 0 Å². The number of fused-ring (bicyclic) bond motifs is 1. The molecule has 0 aliphatic rings. The fourth-order valence-electron chi connectivity index (χ4n) is 2.54. The van der Waals surface area contributed by atoms with Gasteiger partial charge in [0.2, 0.25) is 5.95 Å². The van der Waals surface area contributed by atoms with Crippen molar-refractivity contribution in [2.75, 3.05) is 18.5 Å². The first kappa shape index (κ1) is 16.6. The van der Waals surface area contributed by atoms with E-state index in [-0.39, 0.29) is 5.91 Å². The number of thiazole rings is 1. The van der Waals surface area contributed by atoms with Crippen LogP contribution in [0, 0.1) is 6.92 Å². The van der Waals surface area contributed by atoms with Gasteiger partial charge in [-0.05, 0) is 32.4 Å². The zero-order chi connectivity index (χ0) is 16.9. The molecule has 0 unspecified atom stereocenters. The fourth-order valence-corrected chi connectivity index (χ4v) is 3.24. The molecule has 24 heavy (non-hydrogen) atoms. The van der Waals surface area contributed by atoms with Crippen molar-refractivity contribution < 1.29 is 9.53 Å². The number of aromatic nitrogens is 3. The normalized spacial score (nSPS) is 11.1. The van der Waals surface area contributed by atoms with Crippen LogP contribution in [0.1, 0.15) is 28.7 Å². The summed E-state index contributed by atoms with van der Waals surface area (Å²) in [7, 11) is 0. The van der Waals surface area contributed by atoms with E-state index in [1.807, 2.05) is 42.7 Å². The number of aryl methyl sites for hydroxylation is 2. The second kappa shape index (κ2) is 7.55. The summed E-state index contributed by atoms with van der Waals surface area (Å²) in [6.07, 6.45) is 0.858. The summed E-state index contributed by atoms with van der Waals surface area (Å²) in [4.78, 5) is 21.8. The molecular weight excluding hydrogens is 324 g/mol. The number of hydrogen-bond donors (Lipinski definition) is 1. The van der Waals surface area contributed by atoms with Crippen LogP contribution in [0.3, 0.4) is 0 Å². The van der Waals surface area contributed by atoms with Crippen molar-refractivity contribution in [2.24, 2.45) is 0 Å². The van der Waals surface area contributed by atoms with E-state index in [9.17, 15) is 4.79 Å². The molecule has 1 amide bonds. The number of carbonyl (C=O) groups is 1. The highest BCUT2D eigenvalue weighted by atomic mass is 32.1. The summed E-state index contributed by atoms with van der Waals surface area (Å²) >= 11 is 1.33. The molecule has 1 aromatic carbocycles. The lowest BCUT2D eigenvalue weighted by atomic mass is 10.3. The van der Waals surface area contributed by atoms with Gasteiger partial charge in [-0.1, -0.05) is 12.1 Å². The molecule has 0 aliphatic carbocycles. The van der Waals surface area contributed by atoms with Crippen molar-refractivity contribution in [3.05, 3.63) is 40.3 Å².